The SMILES string of the molecule is CCc1cc(-c2cc(C(=O)O)c(N)s2)ccc1OC. The van der Waals surface area contributed by atoms with Gasteiger partial charge in [0.2, 0.25) is 0 Å². The van der Waals surface area contributed by atoms with Gasteiger partial charge in [-0.05, 0) is 41.8 Å². The maximum Gasteiger partial charge on any atom is 0.338 e. The summed E-state index contributed by atoms with van der Waals surface area (Å²) in [7, 11) is 1.64. The molecule has 2 aromatic rings. The number of carbonyl (C=O) groups is 1. The molecule has 5 heteroatoms. The number of thiophene rings is 1. The molecule has 0 bridgehead atoms. The van der Waals surface area contributed by atoms with Crippen LogP contribution in [0.4, 0.5) is 5.00 Å². The molecular weight excluding hydrogens is 262 g/mol. The van der Waals surface area contributed by atoms with Gasteiger partial charge in [-0.1, -0.05) is 6.92 Å². The standard InChI is InChI=1S/C14H15NO3S/c1-3-8-6-9(4-5-11(8)18-2)12-7-10(14(16)17)13(15)19-12/h4-7H,3,15H2,1-2H3,(H,16,17). The third-order valence-electron chi connectivity index (χ3n) is 2.94. The molecule has 0 aliphatic carbocycles. The quantitative estimate of drug-likeness (QED) is 0.899. The Kier molecular flexibility index (Phi) is 3.76. The summed E-state index contributed by atoms with van der Waals surface area (Å²) in [5, 5.41) is 9.35. The van der Waals surface area contributed by atoms with Gasteiger partial charge in [-0.2, -0.15) is 0 Å². The molecular formula is C14H15NO3S. The number of anilines is 1. The van der Waals surface area contributed by atoms with Crippen molar-refractivity contribution in [3.8, 4) is 16.2 Å². The molecule has 1 aromatic carbocycles. The lowest BCUT2D eigenvalue weighted by molar-refractivity contribution is 0.0698. The van der Waals surface area contributed by atoms with Gasteiger partial charge >= 0.3 is 5.97 Å². The first kappa shape index (κ1) is 13.4. The Hall–Kier alpha value is -2.01. The fourth-order valence-electron chi connectivity index (χ4n) is 1.92. The maximum atomic E-state index is 11.0. The number of ether oxygens (including phenoxy) is 1. The molecule has 4 nitrogen and oxygen atoms in total. The van der Waals surface area contributed by atoms with Gasteiger partial charge in [0.25, 0.3) is 0 Å². The van der Waals surface area contributed by atoms with Gasteiger partial charge in [0, 0.05) is 4.88 Å². The number of rotatable bonds is 4. The van der Waals surface area contributed by atoms with Crippen LogP contribution in [0, 0.1) is 0 Å². The second kappa shape index (κ2) is 5.32. The van der Waals surface area contributed by atoms with E-state index >= 15 is 0 Å². The molecule has 0 saturated carbocycles. The summed E-state index contributed by atoms with van der Waals surface area (Å²) in [5.74, 6) is -0.154. The van der Waals surface area contributed by atoms with E-state index < -0.39 is 5.97 Å². The molecule has 3 N–H and O–H groups in total. The summed E-state index contributed by atoms with van der Waals surface area (Å²) in [4.78, 5) is 11.9. The highest BCUT2D eigenvalue weighted by molar-refractivity contribution is 7.19. The van der Waals surface area contributed by atoms with Gasteiger partial charge in [-0.15, -0.1) is 11.3 Å². The van der Waals surface area contributed by atoms with Gasteiger partial charge in [-0.3, -0.25) is 0 Å². The van der Waals surface area contributed by atoms with E-state index in [0.29, 0.717) is 5.00 Å². The van der Waals surface area contributed by atoms with E-state index in [4.69, 9.17) is 15.6 Å². The van der Waals surface area contributed by atoms with E-state index in [1.165, 1.54) is 11.3 Å². The Morgan fingerprint density at radius 3 is 2.68 bits per heavy atom. The van der Waals surface area contributed by atoms with Gasteiger partial charge < -0.3 is 15.6 Å². The fourth-order valence-corrected chi connectivity index (χ4v) is 2.84. The van der Waals surface area contributed by atoms with Crippen molar-refractivity contribution in [3.63, 3.8) is 0 Å². The molecule has 0 aliphatic rings. The van der Waals surface area contributed by atoms with Crippen molar-refractivity contribution in [2.24, 2.45) is 0 Å². The van der Waals surface area contributed by atoms with Crippen LogP contribution < -0.4 is 10.5 Å². The summed E-state index contributed by atoms with van der Waals surface area (Å²) in [5.41, 5.74) is 7.93. The van der Waals surface area contributed by atoms with Crippen LogP contribution in [0.2, 0.25) is 0 Å². The van der Waals surface area contributed by atoms with Crippen LogP contribution in [0.5, 0.6) is 5.75 Å². The lowest BCUT2D eigenvalue weighted by atomic mass is 10.1. The lowest BCUT2D eigenvalue weighted by Crippen LogP contribution is -1.97. The van der Waals surface area contributed by atoms with Crippen molar-refractivity contribution < 1.29 is 14.6 Å². The highest BCUT2D eigenvalue weighted by Gasteiger charge is 2.14. The van der Waals surface area contributed by atoms with Crippen LogP contribution in [0.15, 0.2) is 24.3 Å². The molecule has 0 fully saturated rings. The number of aryl methyl sites for hydroxylation is 1. The summed E-state index contributed by atoms with van der Waals surface area (Å²) in [6.07, 6.45) is 0.851. The topological polar surface area (TPSA) is 72.5 Å². The lowest BCUT2D eigenvalue weighted by Gasteiger charge is -2.08. The first-order valence-electron chi connectivity index (χ1n) is 5.86. The zero-order valence-electron chi connectivity index (χ0n) is 10.8. The van der Waals surface area contributed by atoms with Gasteiger partial charge in [0.1, 0.15) is 10.8 Å². The molecule has 0 atom stereocenters. The van der Waals surface area contributed by atoms with Crippen LogP contribution in [0.1, 0.15) is 22.8 Å². The molecule has 0 radical (unpaired) electrons. The predicted octanol–water partition coefficient (Wildman–Crippen LogP) is 3.27. The zero-order valence-corrected chi connectivity index (χ0v) is 11.6. The molecule has 0 amide bonds. The highest BCUT2D eigenvalue weighted by atomic mass is 32.1. The van der Waals surface area contributed by atoms with Crippen LogP contribution >= 0.6 is 11.3 Å². The minimum absolute atomic E-state index is 0.161. The largest absolute Gasteiger partial charge is 0.496 e. The Bertz CT molecular complexity index is 619. The van der Waals surface area contributed by atoms with Crippen LogP contribution in [-0.2, 0) is 6.42 Å². The second-order valence-corrected chi connectivity index (χ2v) is 5.16. The Morgan fingerprint density at radius 2 is 2.16 bits per heavy atom. The van der Waals surface area contributed by atoms with Crippen LogP contribution in [0.3, 0.4) is 0 Å². The summed E-state index contributed by atoms with van der Waals surface area (Å²) in [6, 6.07) is 7.43. The number of methoxy groups -OCH3 is 1. The van der Waals surface area contributed by atoms with Crippen molar-refractivity contribution in [2.75, 3.05) is 12.8 Å². The first-order chi connectivity index (χ1) is 9.06. The first-order valence-corrected chi connectivity index (χ1v) is 6.68. The molecule has 100 valence electrons. The van der Waals surface area contributed by atoms with E-state index in [0.717, 1.165) is 28.2 Å². The second-order valence-electron chi connectivity index (χ2n) is 4.07. The monoisotopic (exact) mass is 277 g/mol. The number of carboxylic acid groups (broad SMARTS) is 1. The molecule has 1 aromatic heterocycles. The molecule has 0 spiro atoms. The summed E-state index contributed by atoms with van der Waals surface area (Å²) >= 11 is 1.28. The predicted molar refractivity (Wildman–Crippen MR) is 77.1 cm³/mol. The zero-order chi connectivity index (χ0) is 14.0. The highest BCUT2D eigenvalue weighted by Crippen LogP contribution is 2.35. The molecule has 1 heterocycles. The van der Waals surface area contributed by atoms with Crippen molar-refractivity contribution in [1.29, 1.82) is 0 Å². The average molecular weight is 277 g/mol. The molecule has 0 aliphatic heterocycles. The normalized spacial score (nSPS) is 10.4. The van der Waals surface area contributed by atoms with Crippen molar-refractivity contribution in [3.05, 3.63) is 35.4 Å². The number of benzene rings is 1. The molecule has 0 saturated heterocycles. The number of hydrogen-bond donors (Lipinski definition) is 2. The van der Waals surface area contributed by atoms with Crippen LogP contribution in [-0.4, -0.2) is 18.2 Å². The maximum absolute atomic E-state index is 11.0. The average Bonchev–Trinajstić information content (AvgIpc) is 2.80. The van der Waals surface area contributed by atoms with Crippen molar-refractivity contribution >= 4 is 22.3 Å². The van der Waals surface area contributed by atoms with Crippen molar-refractivity contribution in [1.82, 2.24) is 0 Å². The number of nitrogen functional groups attached to an aromatic ring is 1. The van der Waals surface area contributed by atoms with E-state index in [9.17, 15) is 4.79 Å². The van der Waals surface area contributed by atoms with E-state index in [2.05, 4.69) is 0 Å². The minimum atomic E-state index is -0.996. The van der Waals surface area contributed by atoms with Gasteiger partial charge in [0.05, 0.1) is 12.7 Å². The fraction of sp³-hybridized carbons (Fsp3) is 0.214. The Labute approximate surface area is 115 Å². The molecule has 19 heavy (non-hydrogen) atoms. The smallest absolute Gasteiger partial charge is 0.338 e. The van der Waals surface area contributed by atoms with Crippen LogP contribution in [0.25, 0.3) is 10.4 Å². The summed E-state index contributed by atoms with van der Waals surface area (Å²) < 4.78 is 5.28. The van der Waals surface area contributed by atoms with Gasteiger partial charge in [-0.25, -0.2) is 4.79 Å². The minimum Gasteiger partial charge on any atom is -0.496 e. The molecule has 2 rings (SSSR count). The number of hydrogen-bond acceptors (Lipinski definition) is 4. The van der Waals surface area contributed by atoms with E-state index in [1.807, 2.05) is 25.1 Å². The van der Waals surface area contributed by atoms with E-state index in [-0.39, 0.29) is 5.56 Å². The third kappa shape index (κ3) is 2.56. The number of aromatic carboxylic acids is 1. The Balaban J connectivity index is 2.47. The number of carboxylic acids is 1. The third-order valence-corrected chi connectivity index (χ3v) is 3.95. The van der Waals surface area contributed by atoms with Gasteiger partial charge in [0.15, 0.2) is 0 Å². The summed E-state index contributed by atoms with van der Waals surface area (Å²) in [6.45, 7) is 2.05. The van der Waals surface area contributed by atoms with E-state index in [1.54, 1.807) is 13.2 Å². The molecule has 0 unspecified atom stereocenters. The Morgan fingerprint density at radius 1 is 1.42 bits per heavy atom. The van der Waals surface area contributed by atoms with Crippen molar-refractivity contribution in [2.45, 2.75) is 13.3 Å². The number of nitrogens with two attached hydrogens (primary N) is 1.